The highest BCUT2D eigenvalue weighted by Crippen LogP contribution is 2.29. The summed E-state index contributed by atoms with van der Waals surface area (Å²) in [5.74, 6) is 1.27. The summed E-state index contributed by atoms with van der Waals surface area (Å²) in [5.41, 5.74) is 1.67. The van der Waals surface area contributed by atoms with Crippen molar-refractivity contribution in [2.45, 2.75) is 13.0 Å². The van der Waals surface area contributed by atoms with Crippen LogP contribution in [0, 0.1) is 6.92 Å². The number of carbonyl (C=O) groups excluding carboxylic acids is 1. The van der Waals surface area contributed by atoms with Crippen LogP contribution >= 0.6 is 0 Å². The van der Waals surface area contributed by atoms with E-state index in [1.54, 1.807) is 17.0 Å². The van der Waals surface area contributed by atoms with Crippen molar-refractivity contribution in [3.63, 3.8) is 0 Å². The minimum absolute atomic E-state index is 0.243. The number of anilines is 1. The molecule has 2 amide bonds. The van der Waals surface area contributed by atoms with E-state index in [-0.39, 0.29) is 19.2 Å². The summed E-state index contributed by atoms with van der Waals surface area (Å²) in [6.07, 6.45) is -0.674. The van der Waals surface area contributed by atoms with Gasteiger partial charge in [0.1, 0.15) is 5.75 Å². The number of rotatable bonds is 3. The quantitative estimate of drug-likeness (QED) is 0.899. The van der Waals surface area contributed by atoms with E-state index in [0.29, 0.717) is 30.3 Å². The molecule has 6 heteroatoms. The van der Waals surface area contributed by atoms with E-state index in [1.165, 1.54) is 0 Å². The van der Waals surface area contributed by atoms with Crippen LogP contribution in [0.15, 0.2) is 48.5 Å². The van der Waals surface area contributed by atoms with Crippen molar-refractivity contribution < 1.29 is 19.4 Å². The molecule has 132 valence electrons. The summed E-state index contributed by atoms with van der Waals surface area (Å²) in [5, 5.41) is 12.6. The maximum absolute atomic E-state index is 12.5. The molecule has 0 unspecified atom stereocenters. The largest absolute Gasteiger partial charge is 0.455 e. The average molecular weight is 342 g/mol. The standard InChI is InChI=1S/C19H22N2O4/c1-14-5-4-6-16(11-14)25-18-8-3-2-7-17(18)20-19(23)21-9-10-24-13-15(22)12-21/h2-8,11,15,22H,9-10,12-13H2,1H3,(H,20,23)/t15-/m0/s1. The minimum Gasteiger partial charge on any atom is -0.455 e. The Labute approximate surface area is 147 Å². The van der Waals surface area contributed by atoms with E-state index in [2.05, 4.69) is 5.32 Å². The van der Waals surface area contributed by atoms with E-state index in [4.69, 9.17) is 9.47 Å². The second-order valence-electron chi connectivity index (χ2n) is 6.02. The minimum atomic E-state index is -0.674. The smallest absolute Gasteiger partial charge is 0.322 e. The lowest BCUT2D eigenvalue weighted by molar-refractivity contribution is 0.0575. The number of hydrogen-bond donors (Lipinski definition) is 2. The van der Waals surface area contributed by atoms with Crippen LogP contribution in [0.3, 0.4) is 0 Å². The molecule has 0 saturated carbocycles. The first-order valence-corrected chi connectivity index (χ1v) is 8.27. The summed E-state index contributed by atoms with van der Waals surface area (Å²) in [6.45, 7) is 3.33. The summed E-state index contributed by atoms with van der Waals surface area (Å²) in [4.78, 5) is 14.1. The van der Waals surface area contributed by atoms with Crippen LogP contribution < -0.4 is 10.1 Å². The zero-order valence-corrected chi connectivity index (χ0v) is 14.1. The van der Waals surface area contributed by atoms with Gasteiger partial charge in [-0.2, -0.15) is 0 Å². The first-order valence-electron chi connectivity index (χ1n) is 8.27. The highest BCUT2D eigenvalue weighted by Gasteiger charge is 2.21. The lowest BCUT2D eigenvalue weighted by Gasteiger charge is -2.22. The molecule has 1 aliphatic heterocycles. The third kappa shape index (κ3) is 4.71. The Morgan fingerprint density at radius 2 is 2.12 bits per heavy atom. The van der Waals surface area contributed by atoms with Crippen molar-refractivity contribution in [3.05, 3.63) is 54.1 Å². The molecule has 1 atom stereocenters. The SMILES string of the molecule is Cc1cccc(Oc2ccccc2NC(=O)N2CCOC[C@@H](O)C2)c1. The van der Waals surface area contributed by atoms with E-state index >= 15 is 0 Å². The Hall–Kier alpha value is -2.57. The maximum atomic E-state index is 12.5. The van der Waals surface area contributed by atoms with Crippen molar-refractivity contribution in [2.24, 2.45) is 0 Å². The number of ether oxygens (including phenoxy) is 2. The van der Waals surface area contributed by atoms with Crippen molar-refractivity contribution in [2.75, 3.05) is 31.6 Å². The molecule has 2 aromatic rings. The van der Waals surface area contributed by atoms with Crippen molar-refractivity contribution >= 4 is 11.7 Å². The molecule has 1 heterocycles. The molecule has 1 fully saturated rings. The second-order valence-corrected chi connectivity index (χ2v) is 6.02. The monoisotopic (exact) mass is 342 g/mol. The lowest BCUT2D eigenvalue weighted by Crippen LogP contribution is -2.40. The third-order valence-corrected chi connectivity index (χ3v) is 3.88. The van der Waals surface area contributed by atoms with Gasteiger partial charge in [0.2, 0.25) is 0 Å². The van der Waals surface area contributed by atoms with E-state index in [0.717, 1.165) is 5.56 Å². The number of amides is 2. The number of nitrogens with one attached hydrogen (secondary N) is 1. The number of β-amino-alcohol motifs (C(OH)–C–C–N with tert-alkyl or cyclic N) is 1. The van der Waals surface area contributed by atoms with Gasteiger partial charge >= 0.3 is 6.03 Å². The normalized spacial score (nSPS) is 17.7. The fourth-order valence-electron chi connectivity index (χ4n) is 2.64. The molecule has 1 aliphatic rings. The molecule has 0 aliphatic carbocycles. The Morgan fingerprint density at radius 3 is 2.96 bits per heavy atom. The Balaban J connectivity index is 1.73. The number of hydrogen-bond acceptors (Lipinski definition) is 4. The van der Waals surface area contributed by atoms with Crippen LogP contribution in [0.2, 0.25) is 0 Å². The number of aryl methyl sites for hydroxylation is 1. The topological polar surface area (TPSA) is 71.0 Å². The van der Waals surface area contributed by atoms with Gasteiger partial charge in [-0.15, -0.1) is 0 Å². The second kappa shape index (κ2) is 8.00. The number of carbonyl (C=O) groups is 1. The summed E-state index contributed by atoms with van der Waals surface area (Å²) in [7, 11) is 0. The molecule has 6 nitrogen and oxygen atoms in total. The molecule has 1 saturated heterocycles. The number of para-hydroxylation sites is 2. The van der Waals surface area contributed by atoms with Crippen LogP contribution in [0.4, 0.5) is 10.5 Å². The molecule has 3 rings (SSSR count). The fraction of sp³-hybridized carbons (Fsp3) is 0.316. The molecule has 0 radical (unpaired) electrons. The molecule has 2 aromatic carbocycles. The van der Waals surface area contributed by atoms with Gasteiger partial charge in [0.05, 0.1) is 31.5 Å². The first-order chi connectivity index (χ1) is 12.1. The van der Waals surface area contributed by atoms with Crippen LogP contribution in [-0.4, -0.2) is 48.4 Å². The van der Waals surface area contributed by atoms with Crippen molar-refractivity contribution in [1.29, 1.82) is 0 Å². The fourth-order valence-corrected chi connectivity index (χ4v) is 2.64. The van der Waals surface area contributed by atoms with Crippen LogP contribution in [-0.2, 0) is 4.74 Å². The van der Waals surface area contributed by atoms with Gasteiger partial charge in [0.15, 0.2) is 5.75 Å². The number of nitrogens with zero attached hydrogens (tertiary/aromatic N) is 1. The van der Waals surface area contributed by atoms with Gasteiger partial charge in [-0.3, -0.25) is 0 Å². The molecular formula is C19H22N2O4. The number of benzene rings is 2. The molecule has 0 spiro atoms. The van der Waals surface area contributed by atoms with Gasteiger partial charge in [-0.05, 0) is 36.8 Å². The average Bonchev–Trinajstić information content (AvgIpc) is 2.81. The zero-order chi connectivity index (χ0) is 17.6. The summed E-state index contributed by atoms with van der Waals surface area (Å²) in [6, 6.07) is 14.7. The molecule has 2 N–H and O–H groups in total. The zero-order valence-electron chi connectivity index (χ0n) is 14.1. The highest BCUT2D eigenvalue weighted by molar-refractivity contribution is 5.91. The lowest BCUT2D eigenvalue weighted by atomic mass is 10.2. The Morgan fingerprint density at radius 1 is 1.28 bits per heavy atom. The Kier molecular flexibility index (Phi) is 5.53. The molecule has 25 heavy (non-hydrogen) atoms. The first kappa shape index (κ1) is 17.3. The van der Waals surface area contributed by atoms with Gasteiger partial charge in [-0.1, -0.05) is 24.3 Å². The van der Waals surface area contributed by atoms with Gasteiger partial charge in [-0.25, -0.2) is 4.79 Å². The predicted octanol–water partition coefficient (Wildman–Crippen LogP) is 3.01. The molecule has 0 aromatic heterocycles. The Bertz CT molecular complexity index is 735. The van der Waals surface area contributed by atoms with Crippen LogP contribution in [0.5, 0.6) is 11.5 Å². The van der Waals surface area contributed by atoms with Gasteiger partial charge < -0.3 is 24.8 Å². The van der Waals surface area contributed by atoms with E-state index in [1.807, 2.05) is 43.3 Å². The van der Waals surface area contributed by atoms with E-state index in [9.17, 15) is 9.90 Å². The number of aliphatic hydroxyl groups is 1. The van der Waals surface area contributed by atoms with Gasteiger partial charge in [0, 0.05) is 6.54 Å². The number of aliphatic hydroxyl groups excluding tert-OH is 1. The summed E-state index contributed by atoms with van der Waals surface area (Å²) < 4.78 is 11.2. The van der Waals surface area contributed by atoms with Gasteiger partial charge in [0.25, 0.3) is 0 Å². The predicted molar refractivity (Wildman–Crippen MR) is 95.1 cm³/mol. The third-order valence-electron chi connectivity index (χ3n) is 3.88. The molecule has 0 bridgehead atoms. The van der Waals surface area contributed by atoms with Crippen molar-refractivity contribution in [3.8, 4) is 11.5 Å². The highest BCUT2D eigenvalue weighted by atomic mass is 16.5. The number of urea groups is 1. The molecular weight excluding hydrogens is 320 g/mol. The van der Waals surface area contributed by atoms with Crippen LogP contribution in [0.1, 0.15) is 5.56 Å². The van der Waals surface area contributed by atoms with E-state index < -0.39 is 6.10 Å². The van der Waals surface area contributed by atoms with Crippen molar-refractivity contribution in [1.82, 2.24) is 4.90 Å². The summed E-state index contributed by atoms with van der Waals surface area (Å²) >= 11 is 0. The maximum Gasteiger partial charge on any atom is 0.322 e. The van der Waals surface area contributed by atoms with Crippen LogP contribution in [0.25, 0.3) is 0 Å².